The predicted octanol–water partition coefficient (Wildman–Crippen LogP) is 7.92. The summed E-state index contributed by atoms with van der Waals surface area (Å²) in [7, 11) is 0. The van der Waals surface area contributed by atoms with E-state index >= 15 is 0 Å². The van der Waals surface area contributed by atoms with Crippen LogP contribution in [0.15, 0.2) is 94.1 Å². The molecule has 154 valence electrons. The summed E-state index contributed by atoms with van der Waals surface area (Å²) in [6, 6.07) is 0. The van der Waals surface area contributed by atoms with E-state index in [0.717, 1.165) is 19.4 Å². The van der Waals surface area contributed by atoms with Crippen molar-refractivity contribution in [2.45, 2.75) is 47.5 Å². The maximum absolute atomic E-state index is 3.98. The zero-order chi connectivity index (χ0) is 21.0. The molecule has 0 radical (unpaired) electrons. The Hall–Kier alpha value is -1.93. The van der Waals surface area contributed by atoms with Gasteiger partial charge in [-0.2, -0.15) is 0 Å². The van der Waals surface area contributed by atoms with E-state index in [1.165, 1.54) is 26.8 Å². The maximum Gasteiger partial charge on any atom is 0.0552 e. The van der Waals surface area contributed by atoms with Crippen molar-refractivity contribution in [3.05, 3.63) is 94.1 Å². The molecule has 1 nitrogen and oxygen atoms in total. The molecule has 29 heavy (non-hydrogen) atoms. The van der Waals surface area contributed by atoms with Gasteiger partial charge in [0.25, 0.3) is 0 Å². The topological polar surface area (TPSA) is 3.24 Å². The molecule has 0 aromatic rings. The fourth-order valence-electron chi connectivity index (χ4n) is 3.49. The van der Waals surface area contributed by atoms with Gasteiger partial charge in [0.2, 0.25) is 0 Å². The second-order valence-electron chi connectivity index (χ2n) is 9.16. The predicted molar refractivity (Wildman–Crippen MR) is 130 cm³/mol. The first-order valence-electron chi connectivity index (χ1n) is 10.7. The smallest absolute Gasteiger partial charge is 0.0552 e. The molecule has 0 N–H and O–H groups in total. The molecular weight excluding hydrogens is 370 g/mol. The number of hydrogen-bond acceptors (Lipinski definition) is 2. The van der Waals surface area contributed by atoms with Gasteiger partial charge < -0.3 is 4.90 Å². The fraction of sp³-hybridized carbons (Fsp3) is 0.407. The Labute approximate surface area is 182 Å². The number of rotatable bonds is 5. The molecule has 3 aliphatic rings. The van der Waals surface area contributed by atoms with Crippen LogP contribution >= 0.6 is 11.8 Å². The van der Waals surface area contributed by atoms with Crippen molar-refractivity contribution in [1.29, 1.82) is 0 Å². The standard InChI is InChI=1S/C27H35NS/c1-7-20(2)22-15-17-24-26(18-16-22)29-25-14-10-8-9-13-23(25)28(24)19-11-12-21(3)27(4,5)6/h7,9-17,20-21H,1,8,18-19H2,2-6H3/b12-11-. The average Bonchev–Trinajstić information content (AvgIpc) is 3.04. The Balaban J connectivity index is 1.92. The van der Waals surface area contributed by atoms with Gasteiger partial charge in [-0.25, -0.2) is 0 Å². The van der Waals surface area contributed by atoms with Crippen LogP contribution in [0, 0.1) is 17.3 Å². The summed E-state index contributed by atoms with van der Waals surface area (Å²) in [4.78, 5) is 5.28. The number of thioether (sulfide) groups is 1. The first-order chi connectivity index (χ1) is 13.8. The molecular formula is C27H35NS. The summed E-state index contributed by atoms with van der Waals surface area (Å²) >= 11 is 1.93. The zero-order valence-corrected chi connectivity index (χ0v) is 19.4. The highest BCUT2D eigenvalue weighted by atomic mass is 32.2. The molecule has 1 aliphatic heterocycles. The van der Waals surface area contributed by atoms with Gasteiger partial charge in [0.15, 0.2) is 0 Å². The minimum absolute atomic E-state index is 0.288. The molecule has 0 bridgehead atoms. The minimum atomic E-state index is 0.288. The molecule has 0 amide bonds. The van der Waals surface area contributed by atoms with Crippen LogP contribution in [0.5, 0.6) is 0 Å². The molecule has 0 saturated heterocycles. The highest BCUT2D eigenvalue weighted by Crippen LogP contribution is 2.44. The van der Waals surface area contributed by atoms with E-state index in [-0.39, 0.29) is 5.41 Å². The molecule has 2 atom stereocenters. The lowest BCUT2D eigenvalue weighted by molar-refractivity contribution is 0.313. The lowest BCUT2D eigenvalue weighted by Gasteiger charge is -2.33. The molecule has 1 heterocycles. The van der Waals surface area contributed by atoms with E-state index in [2.05, 4.69) is 101 Å². The van der Waals surface area contributed by atoms with E-state index in [4.69, 9.17) is 0 Å². The highest BCUT2D eigenvalue weighted by molar-refractivity contribution is 8.07. The van der Waals surface area contributed by atoms with Crippen molar-refractivity contribution >= 4 is 11.8 Å². The van der Waals surface area contributed by atoms with Crippen LogP contribution in [0.25, 0.3) is 0 Å². The summed E-state index contributed by atoms with van der Waals surface area (Å²) in [5.41, 5.74) is 4.30. The average molecular weight is 406 g/mol. The molecule has 2 heteroatoms. The van der Waals surface area contributed by atoms with Crippen LogP contribution in [-0.2, 0) is 0 Å². The molecule has 0 aromatic heterocycles. The van der Waals surface area contributed by atoms with Crippen molar-refractivity contribution in [1.82, 2.24) is 4.90 Å². The normalized spacial score (nSPS) is 21.6. The molecule has 0 aromatic carbocycles. The quantitative estimate of drug-likeness (QED) is 0.427. The van der Waals surface area contributed by atoms with E-state index < -0.39 is 0 Å². The SMILES string of the molecule is C=CC(C)C1=CCC2=C(C=C1)N(C/C=C\C(C)C(C)(C)C)C1=C(C=CCC=C1)S2. The Kier molecular flexibility index (Phi) is 6.95. The number of nitrogens with zero attached hydrogens (tertiary/aromatic N) is 1. The summed E-state index contributed by atoms with van der Waals surface area (Å²) in [5, 5.41) is 0. The Morgan fingerprint density at radius 1 is 1.10 bits per heavy atom. The second kappa shape index (κ2) is 9.26. The number of allylic oxidation sites excluding steroid dienone is 11. The summed E-state index contributed by atoms with van der Waals surface area (Å²) in [5.74, 6) is 0.920. The second-order valence-corrected chi connectivity index (χ2v) is 10.3. The van der Waals surface area contributed by atoms with E-state index in [1.807, 2.05) is 17.8 Å². The van der Waals surface area contributed by atoms with Gasteiger partial charge in [-0.1, -0.05) is 88.9 Å². The van der Waals surface area contributed by atoms with Crippen LogP contribution in [-0.4, -0.2) is 11.4 Å². The van der Waals surface area contributed by atoms with Crippen molar-refractivity contribution in [3.63, 3.8) is 0 Å². The Morgan fingerprint density at radius 3 is 2.59 bits per heavy atom. The molecule has 2 aliphatic carbocycles. The van der Waals surface area contributed by atoms with Crippen LogP contribution < -0.4 is 0 Å². The van der Waals surface area contributed by atoms with E-state index in [9.17, 15) is 0 Å². The lowest BCUT2D eigenvalue weighted by Crippen LogP contribution is -2.25. The molecule has 0 spiro atoms. The van der Waals surface area contributed by atoms with Gasteiger partial charge >= 0.3 is 0 Å². The lowest BCUT2D eigenvalue weighted by atomic mass is 9.82. The zero-order valence-electron chi connectivity index (χ0n) is 18.6. The van der Waals surface area contributed by atoms with Gasteiger partial charge in [0, 0.05) is 16.4 Å². The minimum Gasteiger partial charge on any atom is -0.336 e. The fourth-order valence-corrected chi connectivity index (χ4v) is 4.65. The highest BCUT2D eigenvalue weighted by Gasteiger charge is 2.26. The van der Waals surface area contributed by atoms with Crippen LogP contribution in [0.4, 0.5) is 0 Å². The Bertz CT molecular complexity index is 851. The molecule has 0 fully saturated rings. The first kappa shape index (κ1) is 21.8. The molecule has 3 rings (SSSR count). The third kappa shape index (κ3) is 5.17. The summed E-state index contributed by atoms with van der Waals surface area (Å²) in [6.45, 7) is 16.3. The molecule has 2 unspecified atom stereocenters. The van der Waals surface area contributed by atoms with Crippen molar-refractivity contribution in [3.8, 4) is 0 Å². The van der Waals surface area contributed by atoms with Crippen molar-refractivity contribution in [2.24, 2.45) is 17.3 Å². The van der Waals surface area contributed by atoms with Crippen LogP contribution in [0.1, 0.15) is 47.5 Å². The van der Waals surface area contributed by atoms with Gasteiger partial charge in [0.1, 0.15) is 0 Å². The van der Waals surface area contributed by atoms with Gasteiger partial charge in [-0.15, -0.1) is 6.58 Å². The third-order valence-corrected chi connectivity index (χ3v) is 7.27. The third-order valence-electron chi connectivity index (χ3n) is 6.08. The van der Waals surface area contributed by atoms with Crippen LogP contribution in [0.2, 0.25) is 0 Å². The Morgan fingerprint density at radius 2 is 1.86 bits per heavy atom. The molecule has 0 saturated carbocycles. The van der Waals surface area contributed by atoms with Crippen LogP contribution in [0.3, 0.4) is 0 Å². The monoisotopic (exact) mass is 405 g/mol. The van der Waals surface area contributed by atoms with Crippen molar-refractivity contribution < 1.29 is 0 Å². The van der Waals surface area contributed by atoms with E-state index in [1.54, 1.807) is 0 Å². The first-order valence-corrected chi connectivity index (χ1v) is 11.6. The van der Waals surface area contributed by atoms with Gasteiger partial charge in [-0.3, -0.25) is 0 Å². The summed E-state index contributed by atoms with van der Waals surface area (Å²) in [6.07, 6.45) is 24.8. The van der Waals surface area contributed by atoms with Crippen molar-refractivity contribution in [2.75, 3.05) is 6.54 Å². The van der Waals surface area contributed by atoms with Gasteiger partial charge in [0.05, 0.1) is 11.4 Å². The largest absolute Gasteiger partial charge is 0.336 e. The number of hydrogen-bond donors (Lipinski definition) is 0. The summed E-state index contributed by atoms with van der Waals surface area (Å²) < 4.78 is 0. The van der Waals surface area contributed by atoms with E-state index in [0.29, 0.717) is 11.8 Å². The maximum atomic E-state index is 3.98. The van der Waals surface area contributed by atoms with Gasteiger partial charge in [-0.05, 0) is 53.9 Å².